The molecular weight excluding hydrogens is 221 g/mol. The first-order valence-corrected chi connectivity index (χ1v) is 5.69. The summed E-state index contributed by atoms with van der Waals surface area (Å²) in [7, 11) is 1.88. The van der Waals surface area contributed by atoms with Gasteiger partial charge in [-0.2, -0.15) is 5.10 Å². The molecule has 0 N–H and O–H groups in total. The third kappa shape index (κ3) is 2.39. The summed E-state index contributed by atoms with van der Waals surface area (Å²) in [6.45, 7) is 2.10. The van der Waals surface area contributed by atoms with Crippen molar-refractivity contribution in [2.24, 2.45) is 12.5 Å². The standard InChI is InChI=1S/C9H15Cl2N3/c1-3-9(5-10,6-11)4-8-12-7-13-14(8)2/h7H,3-6H2,1-2H3. The van der Waals surface area contributed by atoms with Crippen LogP contribution in [0.1, 0.15) is 19.2 Å². The molecule has 0 saturated heterocycles. The van der Waals surface area contributed by atoms with Gasteiger partial charge < -0.3 is 0 Å². The second kappa shape index (κ2) is 4.99. The lowest BCUT2D eigenvalue weighted by Gasteiger charge is -2.27. The lowest BCUT2D eigenvalue weighted by molar-refractivity contribution is 0.348. The summed E-state index contributed by atoms with van der Waals surface area (Å²) in [5.74, 6) is 2.05. The largest absolute Gasteiger partial charge is 0.253 e. The summed E-state index contributed by atoms with van der Waals surface area (Å²) in [5.41, 5.74) is -0.0517. The van der Waals surface area contributed by atoms with Gasteiger partial charge in [-0.3, -0.25) is 4.68 Å². The molecular formula is C9H15Cl2N3. The molecule has 1 aromatic heterocycles. The zero-order valence-corrected chi connectivity index (χ0v) is 10.0. The SMILES string of the molecule is CCC(CCl)(CCl)Cc1ncnn1C. The molecule has 0 aromatic carbocycles. The van der Waals surface area contributed by atoms with Crippen molar-refractivity contribution in [3.8, 4) is 0 Å². The highest BCUT2D eigenvalue weighted by Crippen LogP contribution is 2.29. The van der Waals surface area contributed by atoms with Gasteiger partial charge in [0.25, 0.3) is 0 Å². The fourth-order valence-electron chi connectivity index (χ4n) is 1.26. The number of hydrogen-bond donors (Lipinski definition) is 0. The second-order valence-corrected chi connectivity index (χ2v) is 4.13. The fourth-order valence-corrected chi connectivity index (χ4v) is 2.11. The minimum atomic E-state index is -0.0517. The smallest absolute Gasteiger partial charge is 0.138 e. The van der Waals surface area contributed by atoms with Gasteiger partial charge in [-0.05, 0) is 6.42 Å². The molecule has 0 bridgehead atoms. The number of halogens is 2. The van der Waals surface area contributed by atoms with Gasteiger partial charge in [0.2, 0.25) is 0 Å². The Hall–Kier alpha value is -0.280. The lowest BCUT2D eigenvalue weighted by atomic mass is 9.85. The molecule has 0 aliphatic carbocycles. The average molecular weight is 236 g/mol. The number of rotatable bonds is 5. The van der Waals surface area contributed by atoms with E-state index in [1.807, 2.05) is 7.05 Å². The van der Waals surface area contributed by atoms with Crippen molar-refractivity contribution in [1.29, 1.82) is 0 Å². The molecule has 14 heavy (non-hydrogen) atoms. The summed E-state index contributed by atoms with van der Waals surface area (Å²) in [6, 6.07) is 0. The van der Waals surface area contributed by atoms with Gasteiger partial charge in [0.05, 0.1) is 0 Å². The van der Waals surface area contributed by atoms with E-state index in [4.69, 9.17) is 23.2 Å². The van der Waals surface area contributed by atoms with E-state index in [2.05, 4.69) is 17.0 Å². The van der Waals surface area contributed by atoms with E-state index in [0.29, 0.717) is 11.8 Å². The van der Waals surface area contributed by atoms with Crippen LogP contribution in [0.5, 0.6) is 0 Å². The Kier molecular flexibility index (Phi) is 4.20. The third-order valence-corrected chi connectivity index (χ3v) is 3.79. The van der Waals surface area contributed by atoms with Gasteiger partial charge in [0.1, 0.15) is 12.2 Å². The summed E-state index contributed by atoms with van der Waals surface area (Å²) in [5, 5.41) is 4.02. The van der Waals surface area contributed by atoms with Gasteiger partial charge >= 0.3 is 0 Å². The first-order valence-electron chi connectivity index (χ1n) is 4.62. The van der Waals surface area contributed by atoms with Crippen molar-refractivity contribution in [3.63, 3.8) is 0 Å². The Balaban J connectivity index is 2.79. The monoisotopic (exact) mass is 235 g/mol. The van der Waals surface area contributed by atoms with Crippen LogP contribution in [0.25, 0.3) is 0 Å². The van der Waals surface area contributed by atoms with Gasteiger partial charge in [-0.15, -0.1) is 23.2 Å². The van der Waals surface area contributed by atoms with Crippen LogP contribution >= 0.6 is 23.2 Å². The molecule has 1 heterocycles. The maximum atomic E-state index is 5.95. The molecule has 1 aromatic rings. The molecule has 5 heteroatoms. The van der Waals surface area contributed by atoms with Crippen molar-refractivity contribution in [3.05, 3.63) is 12.2 Å². The minimum absolute atomic E-state index is 0.0517. The van der Waals surface area contributed by atoms with Crippen LogP contribution < -0.4 is 0 Å². The molecule has 80 valence electrons. The van der Waals surface area contributed by atoms with Gasteiger partial charge in [-0.25, -0.2) is 4.98 Å². The van der Waals surface area contributed by atoms with Crippen LogP contribution in [-0.4, -0.2) is 26.5 Å². The number of aryl methyl sites for hydroxylation is 1. The highest BCUT2D eigenvalue weighted by molar-refractivity contribution is 6.21. The summed E-state index contributed by atoms with van der Waals surface area (Å²) in [6.07, 6.45) is 3.29. The topological polar surface area (TPSA) is 30.7 Å². The predicted octanol–water partition coefficient (Wildman–Crippen LogP) is 2.23. The molecule has 0 aliphatic heterocycles. The van der Waals surface area contributed by atoms with Gasteiger partial charge in [-0.1, -0.05) is 6.92 Å². The fraction of sp³-hybridized carbons (Fsp3) is 0.778. The van der Waals surface area contributed by atoms with Crippen molar-refractivity contribution in [1.82, 2.24) is 14.8 Å². The zero-order chi connectivity index (χ0) is 10.6. The van der Waals surface area contributed by atoms with Crippen molar-refractivity contribution >= 4 is 23.2 Å². The van der Waals surface area contributed by atoms with Crippen LogP contribution in [-0.2, 0) is 13.5 Å². The van der Waals surface area contributed by atoms with E-state index in [1.165, 1.54) is 0 Å². The van der Waals surface area contributed by atoms with E-state index in [0.717, 1.165) is 18.7 Å². The number of aromatic nitrogens is 3. The summed E-state index contributed by atoms with van der Waals surface area (Å²) >= 11 is 11.9. The Bertz CT molecular complexity index is 273. The van der Waals surface area contributed by atoms with Crippen LogP contribution in [0.3, 0.4) is 0 Å². The summed E-state index contributed by atoms with van der Waals surface area (Å²) < 4.78 is 1.77. The number of alkyl halides is 2. The minimum Gasteiger partial charge on any atom is -0.253 e. The Labute approximate surface area is 94.4 Å². The maximum Gasteiger partial charge on any atom is 0.138 e. The van der Waals surface area contributed by atoms with Crippen molar-refractivity contribution in [2.45, 2.75) is 19.8 Å². The Morgan fingerprint density at radius 1 is 1.43 bits per heavy atom. The first-order chi connectivity index (χ1) is 6.67. The normalized spacial score (nSPS) is 12.0. The third-order valence-electron chi connectivity index (χ3n) is 2.66. The highest BCUT2D eigenvalue weighted by Gasteiger charge is 2.28. The summed E-state index contributed by atoms with van der Waals surface area (Å²) in [4.78, 5) is 4.18. The Morgan fingerprint density at radius 3 is 2.43 bits per heavy atom. The molecule has 0 radical (unpaired) electrons. The molecule has 1 rings (SSSR count). The van der Waals surface area contributed by atoms with E-state index < -0.39 is 0 Å². The van der Waals surface area contributed by atoms with Crippen LogP contribution in [0.4, 0.5) is 0 Å². The van der Waals surface area contributed by atoms with E-state index in [-0.39, 0.29) is 5.41 Å². The molecule has 0 spiro atoms. The van der Waals surface area contributed by atoms with Crippen molar-refractivity contribution < 1.29 is 0 Å². The predicted molar refractivity (Wildman–Crippen MR) is 58.9 cm³/mol. The van der Waals surface area contributed by atoms with E-state index in [1.54, 1.807) is 11.0 Å². The Morgan fingerprint density at radius 2 is 2.07 bits per heavy atom. The van der Waals surface area contributed by atoms with Crippen LogP contribution in [0.2, 0.25) is 0 Å². The van der Waals surface area contributed by atoms with Crippen molar-refractivity contribution in [2.75, 3.05) is 11.8 Å². The maximum absolute atomic E-state index is 5.95. The molecule has 0 unspecified atom stereocenters. The number of hydrogen-bond acceptors (Lipinski definition) is 2. The molecule has 0 atom stereocenters. The second-order valence-electron chi connectivity index (χ2n) is 3.60. The average Bonchev–Trinajstić information content (AvgIpc) is 2.61. The molecule has 0 saturated carbocycles. The quantitative estimate of drug-likeness (QED) is 0.734. The zero-order valence-electron chi connectivity index (χ0n) is 8.50. The lowest BCUT2D eigenvalue weighted by Crippen LogP contribution is -2.28. The highest BCUT2D eigenvalue weighted by atomic mass is 35.5. The van der Waals surface area contributed by atoms with Crippen LogP contribution in [0, 0.1) is 5.41 Å². The number of nitrogens with zero attached hydrogens (tertiary/aromatic N) is 3. The van der Waals surface area contributed by atoms with E-state index in [9.17, 15) is 0 Å². The molecule has 0 aliphatic rings. The van der Waals surface area contributed by atoms with E-state index >= 15 is 0 Å². The molecule has 0 fully saturated rings. The molecule has 0 amide bonds. The van der Waals surface area contributed by atoms with Crippen LogP contribution in [0.15, 0.2) is 6.33 Å². The van der Waals surface area contributed by atoms with Gasteiger partial charge in [0, 0.05) is 30.6 Å². The van der Waals surface area contributed by atoms with Gasteiger partial charge in [0.15, 0.2) is 0 Å². The first kappa shape index (κ1) is 11.8. The molecule has 3 nitrogen and oxygen atoms in total.